The fourth-order valence-corrected chi connectivity index (χ4v) is 3.32. The second kappa shape index (κ2) is 6.63. The maximum atomic E-state index is 8.92. The first-order chi connectivity index (χ1) is 10.0. The number of thioether (sulfide) groups is 1. The van der Waals surface area contributed by atoms with Crippen LogP contribution in [0.15, 0.2) is 40.6 Å². The van der Waals surface area contributed by atoms with Gasteiger partial charge in [0, 0.05) is 11.9 Å². The van der Waals surface area contributed by atoms with Gasteiger partial charge in [-0.25, -0.2) is 4.98 Å². The summed E-state index contributed by atoms with van der Waals surface area (Å²) in [7, 11) is 0. The number of rotatable bonds is 4. The zero-order valence-electron chi connectivity index (χ0n) is 12.4. The first-order valence-electron chi connectivity index (χ1n) is 6.64. The van der Waals surface area contributed by atoms with E-state index < -0.39 is 0 Å². The summed E-state index contributed by atoms with van der Waals surface area (Å²) in [6.07, 6.45) is 1.74. The molecule has 0 saturated carbocycles. The number of oxime groups is 1. The molecule has 0 unspecified atom stereocenters. The van der Waals surface area contributed by atoms with Crippen LogP contribution >= 0.6 is 11.8 Å². The number of nitrogens with zero attached hydrogens (tertiary/aromatic N) is 2. The number of pyridine rings is 1. The van der Waals surface area contributed by atoms with Crippen LogP contribution < -0.4 is 5.73 Å². The summed E-state index contributed by atoms with van der Waals surface area (Å²) in [4.78, 5) is 4.36. The van der Waals surface area contributed by atoms with Crippen LogP contribution in [0.4, 0.5) is 0 Å². The molecule has 4 nitrogen and oxygen atoms in total. The molecule has 0 bridgehead atoms. The van der Waals surface area contributed by atoms with Crippen molar-refractivity contribution < 1.29 is 5.21 Å². The number of benzene rings is 1. The molecule has 110 valence electrons. The molecule has 0 fully saturated rings. The number of aromatic nitrogens is 1. The molecule has 1 aromatic heterocycles. The Morgan fingerprint density at radius 1 is 1.24 bits per heavy atom. The van der Waals surface area contributed by atoms with E-state index in [1.165, 1.54) is 16.7 Å². The second-order valence-corrected chi connectivity index (χ2v) is 6.04. The van der Waals surface area contributed by atoms with Crippen LogP contribution in [0.3, 0.4) is 0 Å². The zero-order chi connectivity index (χ0) is 15.4. The topological polar surface area (TPSA) is 71.5 Å². The quantitative estimate of drug-likeness (QED) is 0.298. The molecule has 0 aliphatic rings. The molecule has 3 N–H and O–H groups in total. The fourth-order valence-electron chi connectivity index (χ4n) is 2.31. The van der Waals surface area contributed by atoms with Crippen LogP contribution in [-0.4, -0.2) is 16.0 Å². The van der Waals surface area contributed by atoms with Gasteiger partial charge in [-0.3, -0.25) is 0 Å². The van der Waals surface area contributed by atoms with Gasteiger partial charge in [-0.1, -0.05) is 34.5 Å². The summed E-state index contributed by atoms with van der Waals surface area (Å²) in [6, 6.07) is 8.34. The Labute approximate surface area is 129 Å². The summed E-state index contributed by atoms with van der Waals surface area (Å²) >= 11 is 1.59. The summed E-state index contributed by atoms with van der Waals surface area (Å²) < 4.78 is 0. The Balaban J connectivity index is 2.26. The Morgan fingerprint density at radius 2 is 1.90 bits per heavy atom. The minimum atomic E-state index is 0.100. The SMILES string of the molecule is Cc1cc(C)cc(CSc2nccc(C)c2/C(N)=N/O)c1. The second-order valence-electron chi connectivity index (χ2n) is 5.08. The first kappa shape index (κ1) is 15.4. The molecule has 0 amide bonds. The van der Waals surface area contributed by atoms with Gasteiger partial charge in [-0.15, -0.1) is 11.8 Å². The lowest BCUT2D eigenvalue weighted by Crippen LogP contribution is -2.16. The average molecular weight is 301 g/mol. The highest BCUT2D eigenvalue weighted by Gasteiger charge is 2.12. The molecule has 0 radical (unpaired) electrons. The minimum Gasteiger partial charge on any atom is -0.409 e. The Hall–Kier alpha value is -2.01. The van der Waals surface area contributed by atoms with Crippen molar-refractivity contribution in [3.05, 3.63) is 58.3 Å². The third kappa shape index (κ3) is 3.76. The largest absolute Gasteiger partial charge is 0.409 e. The van der Waals surface area contributed by atoms with E-state index in [4.69, 9.17) is 10.9 Å². The minimum absolute atomic E-state index is 0.100. The van der Waals surface area contributed by atoms with Crippen molar-refractivity contribution in [2.75, 3.05) is 0 Å². The number of hydrogen-bond donors (Lipinski definition) is 2. The van der Waals surface area contributed by atoms with Gasteiger partial charge in [0.1, 0.15) is 5.03 Å². The monoisotopic (exact) mass is 301 g/mol. The molecule has 2 aromatic rings. The molecule has 5 heteroatoms. The van der Waals surface area contributed by atoms with Crippen molar-refractivity contribution in [2.24, 2.45) is 10.9 Å². The van der Waals surface area contributed by atoms with E-state index in [9.17, 15) is 0 Å². The number of aryl methyl sites for hydroxylation is 3. The van der Waals surface area contributed by atoms with E-state index in [-0.39, 0.29) is 5.84 Å². The average Bonchev–Trinajstić information content (AvgIpc) is 2.43. The Morgan fingerprint density at radius 3 is 2.52 bits per heavy atom. The van der Waals surface area contributed by atoms with E-state index in [2.05, 4.69) is 42.2 Å². The smallest absolute Gasteiger partial charge is 0.173 e. The molecule has 0 saturated heterocycles. The van der Waals surface area contributed by atoms with Gasteiger partial charge in [-0.05, 0) is 38.0 Å². The van der Waals surface area contributed by atoms with Crippen LogP contribution in [0.5, 0.6) is 0 Å². The van der Waals surface area contributed by atoms with Gasteiger partial charge >= 0.3 is 0 Å². The summed E-state index contributed by atoms with van der Waals surface area (Å²) in [5.41, 5.74) is 11.2. The molecule has 0 aliphatic carbocycles. The van der Waals surface area contributed by atoms with Gasteiger partial charge < -0.3 is 10.9 Å². The van der Waals surface area contributed by atoms with E-state index in [1.807, 2.05) is 13.0 Å². The van der Waals surface area contributed by atoms with Gasteiger partial charge in [0.2, 0.25) is 0 Å². The van der Waals surface area contributed by atoms with E-state index in [0.717, 1.165) is 16.3 Å². The number of amidine groups is 1. The fraction of sp³-hybridized carbons (Fsp3) is 0.250. The summed E-state index contributed by atoms with van der Waals surface area (Å²) in [5.74, 6) is 0.897. The van der Waals surface area contributed by atoms with E-state index in [1.54, 1.807) is 18.0 Å². The predicted octanol–water partition coefficient (Wildman–Crippen LogP) is 3.39. The third-order valence-corrected chi connectivity index (χ3v) is 4.21. The molecular weight excluding hydrogens is 282 g/mol. The van der Waals surface area contributed by atoms with Crippen molar-refractivity contribution in [3.63, 3.8) is 0 Å². The highest BCUT2D eigenvalue weighted by molar-refractivity contribution is 7.98. The van der Waals surface area contributed by atoms with Gasteiger partial charge in [0.15, 0.2) is 5.84 Å². The van der Waals surface area contributed by atoms with Crippen molar-refractivity contribution in [3.8, 4) is 0 Å². The molecule has 0 atom stereocenters. The van der Waals surface area contributed by atoms with Crippen LogP contribution in [0.1, 0.15) is 27.8 Å². The normalized spacial score (nSPS) is 11.7. The highest BCUT2D eigenvalue weighted by atomic mass is 32.2. The molecule has 21 heavy (non-hydrogen) atoms. The van der Waals surface area contributed by atoms with Crippen LogP contribution in [0.2, 0.25) is 0 Å². The standard InChI is InChI=1S/C16H19N3OS/c1-10-6-11(2)8-13(7-10)9-21-16-14(15(17)19-20)12(3)4-5-18-16/h4-8,20H,9H2,1-3H3,(H2,17,19). The maximum absolute atomic E-state index is 8.92. The van der Waals surface area contributed by atoms with Crippen molar-refractivity contribution >= 4 is 17.6 Å². The number of hydrogen-bond acceptors (Lipinski definition) is 4. The summed E-state index contributed by atoms with van der Waals surface area (Å²) in [5, 5.41) is 12.8. The molecule has 0 aliphatic heterocycles. The van der Waals surface area contributed by atoms with Crippen LogP contribution in [0.25, 0.3) is 0 Å². The summed E-state index contributed by atoms with van der Waals surface area (Å²) in [6.45, 7) is 6.11. The zero-order valence-corrected chi connectivity index (χ0v) is 13.2. The van der Waals surface area contributed by atoms with E-state index in [0.29, 0.717) is 5.56 Å². The molecule has 0 spiro atoms. The maximum Gasteiger partial charge on any atom is 0.173 e. The van der Waals surface area contributed by atoms with Gasteiger partial charge in [-0.2, -0.15) is 0 Å². The molecular formula is C16H19N3OS. The van der Waals surface area contributed by atoms with Crippen LogP contribution in [-0.2, 0) is 5.75 Å². The highest BCUT2D eigenvalue weighted by Crippen LogP contribution is 2.26. The van der Waals surface area contributed by atoms with Gasteiger partial charge in [0.25, 0.3) is 0 Å². The molecule has 1 aromatic carbocycles. The van der Waals surface area contributed by atoms with Crippen LogP contribution in [0, 0.1) is 20.8 Å². The lowest BCUT2D eigenvalue weighted by atomic mass is 10.1. The predicted molar refractivity (Wildman–Crippen MR) is 87.0 cm³/mol. The molecule has 1 heterocycles. The Kier molecular flexibility index (Phi) is 4.85. The van der Waals surface area contributed by atoms with Crippen molar-refractivity contribution in [1.82, 2.24) is 4.98 Å². The lowest BCUT2D eigenvalue weighted by molar-refractivity contribution is 0.318. The van der Waals surface area contributed by atoms with E-state index >= 15 is 0 Å². The number of nitrogens with two attached hydrogens (primary N) is 1. The van der Waals surface area contributed by atoms with Crippen molar-refractivity contribution in [2.45, 2.75) is 31.6 Å². The third-order valence-electron chi connectivity index (χ3n) is 3.15. The first-order valence-corrected chi connectivity index (χ1v) is 7.63. The van der Waals surface area contributed by atoms with Crippen molar-refractivity contribution in [1.29, 1.82) is 0 Å². The molecule has 2 rings (SSSR count). The Bertz CT molecular complexity index is 663. The van der Waals surface area contributed by atoms with Gasteiger partial charge in [0.05, 0.1) is 5.56 Å². The lowest BCUT2D eigenvalue weighted by Gasteiger charge is -2.10.